The van der Waals surface area contributed by atoms with Crippen LogP contribution >= 0.6 is 0 Å². The van der Waals surface area contributed by atoms with E-state index in [2.05, 4.69) is 23.7 Å². The van der Waals surface area contributed by atoms with Crippen molar-refractivity contribution < 1.29 is 17.9 Å². The highest BCUT2D eigenvalue weighted by molar-refractivity contribution is 5.49. The van der Waals surface area contributed by atoms with Crippen molar-refractivity contribution in [3.8, 4) is 23.7 Å². The zero-order valence-corrected chi connectivity index (χ0v) is 15.6. The van der Waals surface area contributed by atoms with Crippen LogP contribution in [0.2, 0.25) is 0 Å². The van der Waals surface area contributed by atoms with E-state index >= 15 is 0 Å². The molecular formula is C25H17F3O. The molecular weight excluding hydrogens is 373 g/mol. The average Bonchev–Trinajstić information content (AvgIpc) is 2.74. The number of rotatable bonds is 2. The highest BCUT2D eigenvalue weighted by Crippen LogP contribution is 2.29. The normalized spacial score (nSPS) is 11.6. The van der Waals surface area contributed by atoms with Crippen LogP contribution in [-0.4, -0.2) is 7.11 Å². The molecule has 1 atom stereocenters. The molecule has 0 amide bonds. The smallest absolute Gasteiger partial charge is 0.364 e. The monoisotopic (exact) mass is 390 g/mol. The predicted molar refractivity (Wildman–Crippen MR) is 107 cm³/mol. The number of hydrogen-bond donors (Lipinski definition) is 0. The van der Waals surface area contributed by atoms with Crippen molar-refractivity contribution in [2.75, 3.05) is 7.11 Å². The van der Waals surface area contributed by atoms with Gasteiger partial charge in [-0.05, 0) is 42.5 Å². The summed E-state index contributed by atoms with van der Waals surface area (Å²) < 4.78 is 43.6. The van der Waals surface area contributed by atoms with E-state index in [0.717, 1.165) is 23.3 Å². The largest absolute Gasteiger partial charge is 0.416 e. The zero-order chi connectivity index (χ0) is 20.7. The van der Waals surface area contributed by atoms with Gasteiger partial charge in [0.2, 0.25) is 0 Å². The SMILES string of the molecule is COC(C#Cc1ccccc1)c1ccccc1C#Cc1ccc(C(F)(F)F)cc1. The minimum Gasteiger partial charge on any atom is -0.364 e. The average molecular weight is 390 g/mol. The Morgan fingerprint density at radius 1 is 0.724 bits per heavy atom. The Hall–Kier alpha value is -3.47. The summed E-state index contributed by atoms with van der Waals surface area (Å²) in [6, 6.07) is 21.8. The molecule has 0 radical (unpaired) electrons. The highest BCUT2D eigenvalue weighted by Gasteiger charge is 2.29. The lowest BCUT2D eigenvalue weighted by Crippen LogP contribution is -2.04. The Kier molecular flexibility index (Phi) is 6.39. The standard InChI is InChI=1S/C25H17F3O/c1-29-24(18-14-19-7-3-2-4-8-19)23-10-6-5-9-21(23)15-11-20-12-16-22(17-13-20)25(26,27)28/h2-10,12-13,16-17,24H,1H3. The van der Waals surface area contributed by atoms with E-state index in [0.29, 0.717) is 11.1 Å². The van der Waals surface area contributed by atoms with Gasteiger partial charge >= 0.3 is 6.18 Å². The maximum absolute atomic E-state index is 12.7. The van der Waals surface area contributed by atoms with Crippen molar-refractivity contribution in [1.29, 1.82) is 0 Å². The maximum Gasteiger partial charge on any atom is 0.416 e. The van der Waals surface area contributed by atoms with Crippen molar-refractivity contribution in [3.63, 3.8) is 0 Å². The second-order valence-corrected chi connectivity index (χ2v) is 6.16. The molecule has 0 aliphatic heterocycles. The van der Waals surface area contributed by atoms with Crippen LogP contribution < -0.4 is 0 Å². The Morgan fingerprint density at radius 3 is 2.00 bits per heavy atom. The summed E-state index contributed by atoms with van der Waals surface area (Å²) in [4.78, 5) is 0. The second kappa shape index (κ2) is 9.15. The van der Waals surface area contributed by atoms with Gasteiger partial charge in [0.1, 0.15) is 6.10 Å². The molecule has 0 aliphatic carbocycles. The van der Waals surface area contributed by atoms with E-state index < -0.39 is 17.8 Å². The summed E-state index contributed by atoms with van der Waals surface area (Å²) >= 11 is 0. The summed E-state index contributed by atoms with van der Waals surface area (Å²) in [5.74, 6) is 12.1. The Labute approximate surface area is 168 Å². The third kappa shape index (κ3) is 5.51. The van der Waals surface area contributed by atoms with Gasteiger partial charge < -0.3 is 4.74 Å². The molecule has 4 heteroatoms. The number of ether oxygens (including phenoxy) is 1. The minimum absolute atomic E-state index is 0.478. The molecule has 0 saturated heterocycles. The molecule has 0 fully saturated rings. The van der Waals surface area contributed by atoms with Crippen molar-refractivity contribution in [3.05, 3.63) is 107 Å². The second-order valence-electron chi connectivity index (χ2n) is 6.16. The van der Waals surface area contributed by atoms with Crippen molar-refractivity contribution in [2.45, 2.75) is 12.3 Å². The van der Waals surface area contributed by atoms with Crippen molar-refractivity contribution >= 4 is 0 Å². The Morgan fingerprint density at radius 2 is 1.34 bits per heavy atom. The van der Waals surface area contributed by atoms with Gasteiger partial charge in [0.15, 0.2) is 0 Å². The van der Waals surface area contributed by atoms with Gasteiger partial charge in [0.25, 0.3) is 0 Å². The lowest BCUT2D eigenvalue weighted by atomic mass is 10.0. The van der Waals surface area contributed by atoms with E-state index in [9.17, 15) is 13.2 Å². The van der Waals surface area contributed by atoms with Crippen LogP contribution in [0.5, 0.6) is 0 Å². The molecule has 1 unspecified atom stereocenters. The predicted octanol–water partition coefficient (Wildman–Crippen LogP) is 5.84. The van der Waals surface area contributed by atoms with E-state index in [1.807, 2.05) is 54.6 Å². The first kappa shape index (κ1) is 20.3. The van der Waals surface area contributed by atoms with E-state index in [-0.39, 0.29) is 0 Å². The van der Waals surface area contributed by atoms with Gasteiger partial charge in [0, 0.05) is 29.4 Å². The van der Waals surface area contributed by atoms with Crippen LogP contribution in [0.15, 0.2) is 78.9 Å². The molecule has 3 rings (SSSR count). The van der Waals surface area contributed by atoms with Crippen LogP contribution in [-0.2, 0) is 10.9 Å². The summed E-state index contributed by atoms with van der Waals surface area (Å²) in [6.45, 7) is 0. The Bertz CT molecular complexity index is 1080. The highest BCUT2D eigenvalue weighted by atomic mass is 19.4. The number of methoxy groups -OCH3 is 1. The first-order valence-corrected chi connectivity index (χ1v) is 8.85. The molecule has 0 N–H and O–H groups in total. The molecule has 0 saturated carbocycles. The third-order valence-corrected chi connectivity index (χ3v) is 4.15. The molecule has 144 valence electrons. The van der Waals surface area contributed by atoms with Crippen molar-refractivity contribution in [1.82, 2.24) is 0 Å². The van der Waals surface area contributed by atoms with E-state index in [1.54, 1.807) is 7.11 Å². The maximum atomic E-state index is 12.7. The van der Waals surface area contributed by atoms with E-state index in [1.165, 1.54) is 12.1 Å². The lowest BCUT2D eigenvalue weighted by Gasteiger charge is -2.11. The van der Waals surface area contributed by atoms with Crippen LogP contribution in [0.1, 0.15) is 33.9 Å². The van der Waals surface area contributed by atoms with Crippen LogP contribution in [0.3, 0.4) is 0 Å². The zero-order valence-electron chi connectivity index (χ0n) is 15.6. The molecule has 3 aromatic carbocycles. The number of benzene rings is 3. The summed E-state index contributed by atoms with van der Waals surface area (Å²) in [5.41, 5.74) is 2.19. The first-order chi connectivity index (χ1) is 14.0. The van der Waals surface area contributed by atoms with Gasteiger partial charge in [-0.1, -0.05) is 60.1 Å². The molecule has 0 aromatic heterocycles. The Balaban J connectivity index is 1.88. The fourth-order valence-corrected chi connectivity index (χ4v) is 2.66. The van der Waals surface area contributed by atoms with Gasteiger partial charge in [-0.15, -0.1) is 0 Å². The molecule has 0 spiro atoms. The van der Waals surface area contributed by atoms with Crippen molar-refractivity contribution in [2.24, 2.45) is 0 Å². The molecule has 3 aromatic rings. The number of alkyl halides is 3. The fourth-order valence-electron chi connectivity index (χ4n) is 2.66. The first-order valence-electron chi connectivity index (χ1n) is 8.85. The number of halogens is 3. The molecule has 1 nitrogen and oxygen atoms in total. The molecule has 0 bridgehead atoms. The van der Waals surface area contributed by atoms with Gasteiger partial charge in [-0.3, -0.25) is 0 Å². The third-order valence-electron chi connectivity index (χ3n) is 4.15. The summed E-state index contributed by atoms with van der Waals surface area (Å²) in [7, 11) is 1.57. The topological polar surface area (TPSA) is 9.23 Å². The number of hydrogen-bond acceptors (Lipinski definition) is 1. The van der Waals surface area contributed by atoms with Gasteiger partial charge in [0.05, 0.1) is 5.56 Å². The van der Waals surface area contributed by atoms with Gasteiger partial charge in [-0.2, -0.15) is 13.2 Å². The van der Waals surface area contributed by atoms with Crippen LogP contribution in [0.25, 0.3) is 0 Å². The summed E-state index contributed by atoms with van der Waals surface area (Å²) in [6.07, 6.45) is -4.84. The molecule has 29 heavy (non-hydrogen) atoms. The van der Waals surface area contributed by atoms with Gasteiger partial charge in [-0.25, -0.2) is 0 Å². The quantitative estimate of drug-likeness (QED) is 0.499. The molecule has 0 aliphatic rings. The molecule has 0 heterocycles. The van der Waals surface area contributed by atoms with Crippen LogP contribution in [0, 0.1) is 23.7 Å². The van der Waals surface area contributed by atoms with Crippen LogP contribution in [0.4, 0.5) is 13.2 Å². The minimum atomic E-state index is -4.36. The lowest BCUT2D eigenvalue weighted by molar-refractivity contribution is -0.137. The summed E-state index contributed by atoms with van der Waals surface area (Å²) in [5, 5.41) is 0. The van der Waals surface area contributed by atoms with E-state index in [4.69, 9.17) is 4.74 Å². The fraction of sp³-hybridized carbons (Fsp3) is 0.120.